The lowest BCUT2D eigenvalue weighted by atomic mass is 10.00. The first kappa shape index (κ1) is 6.68. The highest BCUT2D eigenvalue weighted by atomic mass is 35.5. The average molecular weight is 173 g/mol. The summed E-state index contributed by atoms with van der Waals surface area (Å²) in [6.07, 6.45) is 5.14. The Morgan fingerprint density at radius 2 is 2.10 bits per heavy atom. The molecule has 0 saturated heterocycles. The topological polar surface area (TPSA) is 0 Å². The molecule has 0 nitrogen and oxygen atoms in total. The smallest absolute Gasteiger partial charge is 0.0547 e. The predicted octanol–water partition coefficient (Wildman–Crippen LogP) is 3.28. The summed E-state index contributed by atoms with van der Waals surface area (Å²) >= 11 is 7.79. The first-order valence-electron chi connectivity index (χ1n) is 3.62. The van der Waals surface area contributed by atoms with Crippen LogP contribution in [0.3, 0.4) is 0 Å². The molecule has 10 heavy (non-hydrogen) atoms. The molecular weight excluding hydrogens is 164 g/mol. The summed E-state index contributed by atoms with van der Waals surface area (Å²) in [6, 6.07) is 0. The Balaban J connectivity index is 2.45. The number of aryl methyl sites for hydroxylation is 1. The van der Waals surface area contributed by atoms with E-state index in [0.717, 1.165) is 5.02 Å². The van der Waals surface area contributed by atoms with Crippen LogP contribution in [-0.2, 0) is 12.8 Å². The molecule has 1 aliphatic rings. The zero-order valence-corrected chi connectivity index (χ0v) is 7.26. The van der Waals surface area contributed by atoms with E-state index in [0.29, 0.717) is 0 Å². The third-order valence-corrected chi connectivity index (χ3v) is 3.57. The summed E-state index contributed by atoms with van der Waals surface area (Å²) in [4.78, 5) is 1.52. The minimum atomic E-state index is 1.000. The summed E-state index contributed by atoms with van der Waals surface area (Å²) in [5, 5.41) is 3.07. The highest BCUT2D eigenvalue weighted by Gasteiger charge is 2.13. The molecule has 0 amide bonds. The summed E-state index contributed by atoms with van der Waals surface area (Å²) in [5.74, 6) is 0. The molecule has 2 heteroatoms. The highest BCUT2D eigenvalue weighted by molar-refractivity contribution is 7.10. The summed E-state index contributed by atoms with van der Waals surface area (Å²) in [7, 11) is 0. The van der Waals surface area contributed by atoms with Crippen molar-refractivity contribution in [1.82, 2.24) is 0 Å². The van der Waals surface area contributed by atoms with Gasteiger partial charge in [0.2, 0.25) is 0 Å². The molecule has 1 aromatic rings. The molecule has 0 radical (unpaired) electrons. The zero-order valence-electron chi connectivity index (χ0n) is 5.69. The summed E-state index contributed by atoms with van der Waals surface area (Å²) < 4.78 is 0. The molecule has 0 aliphatic heterocycles. The van der Waals surface area contributed by atoms with Gasteiger partial charge in [0.25, 0.3) is 0 Å². The first-order valence-corrected chi connectivity index (χ1v) is 4.88. The van der Waals surface area contributed by atoms with Crippen molar-refractivity contribution in [1.29, 1.82) is 0 Å². The lowest BCUT2D eigenvalue weighted by molar-refractivity contribution is 0.697. The molecule has 0 atom stereocenters. The van der Waals surface area contributed by atoms with Crippen LogP contribution in [0.15, 0.2) is 5.38 Å². The summed E-state index contributed by atoms with van der Waals surface area (Å²) in [5.41, 5.74) is 1.43. The third kappa shape index (κ3) is 0.977. The van der Waals surface area contributed by atoms with Crippen LogP contribution in [0.4, 0.5) is 0 Å². The van der Waals surface area contributed by atoms with Crippen molar-refractivity contribution in [3.05, 3.63) is 20.8 Å². The van der Waals surface area contributed by atoms with Gasteiger partial charge < -0.3 is 0 Å². The van der Waals surface area contributed by atoms with Gasteiger partial charge in [-0.05, 0) is 31.2 Å². The van der Waals surface area contributed by atoms with E-state index in [1.165, 1.54) is 36.1 Å². The second-order valence-corrected chi connectivity index (χ2v) is 4.06. The van der Waals surface area contributed by atoms with Gasteiger partial charge >= 0.3 is 0 Å². The van der Waals surface area contributed by atoms with Gasteiger partial charge in [-0.2, -0.15) is 0 Å². The quantitative estimate of drug-likeness (QED) is 0.564. The molecule has 1 aliphatic carbocycles. The molecule has 0 bridgehead atoms. The first-order chi connectivity index (χ1) is 4.88. The van der Waals surface area contributed by atoms with Crippen LogP contribution in [0.5, 0.6) is 0 Å². The fourth-order valence-electron chi connectivity index (χ4n) is 1.45. The minimum Gasteiger partial charge on any atom is -0.147 e. The van der Waals surface area contributed by atoms with E-state index in [1.807, 2.05) is 11.3 Å². The molecule has 0 spiro atoms. The molecule has 2 rings (SSSR count). The predicted molar refractivity (Wildman–Crippen MR) is 46.0 cm³/mol. The Morgan fingerprint density at radius 1 is 1.30 bits per heavy atom. The lowest BCUT2D eigenvalue weighted by Gasteiger charge is -2.09. The Bertz CT molecular complexity index is 239. The number of halogens is 1. The Hall–Kier alpha value is -0.0100. The molecule has 1 aromatic heterocycles. The van der Waals surface area contributed by atoms with Gasteiger partial charge in [0.1, 0.15) is 0 Å². The molecule has 0 fully saturated rings. The fourth-order valence-corrected chi connectivity index (χ4v) is 2.86. The number of hydrogen-bond donors (Lipinski definition) is 0. The van der Waals surface area contributed by atoms with E-state index >= 15 is 0 Å². The number of hydrogen-bond acceptors (Lipinski definition) is 1. The molecule has 0 unspecified atom stereocenters. The Morgan fingerprint density at radius 3 is 2.90 bits per heavy atom. The van der Waals surface area contributed by atoms with E-state index < -0.39 is 0 Å². The number of rotatable bonds is 0. The SMILES string of the molecule is Clc1csc2c1CCCC2. The van der Waals surface area contributed by atoms with Crippen LogP contribution < -0.4 is 0 Å². The standard InChI is InChI=1S/C8H9ClS/c9-7-5-10-8-4-2-1-3-6(7)8/h5H,1-4H2. The Kier molecular flexibility index (Phi) is 1.71. The van der Waals surface area contributed by atoms with E-state index in [-0.39, 0.29) is 0 Å². The molecule has 0 N–H and O–H groups in total. The van der Waals surface area contributed by atoms with Crippen molar-refractivity contribution in [2.45, 2.75) is 25.7 Å². The van der Waals surface area contributed by atoms with E-state index in [9.17, 15) is 0 Å². The van der Waals surface area contributed by atoms with Crippen molar-refractivity contribution in [3.63, 3.8) is 0 Å². The van der Waals surface area contributed by atoms with Crippen molar-refractivity contribution < 1.29 is 0 Å². The van der Waals surface area contributed by atoms with Gasteiger partial charge in [-0.25, -0.2) is 0 Å². The van der Waals surface area contributed by atoms with E-state index in [1.54, 1.807) is 0 Å². The molecule has 1 heterocycles. The average Bonchev–Trinajstić information content (AvgIpc) is 2.34. The monoisotopic (exact) mass is 172 g/mol. The van der Waals surface area contributed by atoms with Crippen LogP contribution in [-0.4, -0.2) is 0 Å². The largest absolute Gasteiger partial charge is 0.147 e. The number of fused-ring (bicyclic) bond motifs is 1. The maximum absolute atomic E-state index is 5.97. The molecule has 0 saturated carbocycles. The normalized spacial score (nSPS) is 16.9. The molecular formula is C8H9ClS. The van der Waals surface area contributed by atoms with Gasteiger partial charge in [0.05, 0.1) is 5.02 Å². The molecule has 0 aromatic carbocycles. The minimum absolute atomic E-state index is 1.000. The van der Waals surface area contributed by atoms with Crippen molar-refractivity contribution in [2.75, 3.05) is 0 Å². The number of thiophene rings is 1. The zero-order chi connectivity index (χ0) is 6.97. The van der Waals surface area contributed by atoms with Crippen LogP contribution in [0.25, 0.3) is 0 Å². The van der Waals surface area contributed by atoms with Gasteiger partial charge in [0, 0.05) is 10.3 Å². The third-order valence-electron chi connectivity index (χ3n) is 2.01. The van der Waals surface area contributed by atoms with Crippen LogP contribution in [0.1, 0.15) is 23.3 Å². The van der Waals surface area contributed by atoms with Gasteiger partial charge in [0.15, 0.2) is 0 Å². The van der Waals surface area contributed by atoms with Gasteiger partial charge in [-0.3, -0.25) is 0 Å². The fraction of sp³-hybridized carbons (Fsp3) is 0.500. The second kappa shape index (κ2) is 2.55. The highest BCUT2D eigenvalue weighted by Crippen LogP contribution is 2.32. The van der Waals surface area contributed by atoms with Crippen molar-refractivity contribution in [3.8, 4) is 0 Å². The van der Waals surface area contributed by atoms with Crippen LogP contribution in [0.2, 0.25) is 5.02 Å². The van der Waals surface area contributed by atoms with E-state index in [4.69, 9.17) is 11.6 Å². The van der Waals surface area contributed by atoms with Crippen molar-refractivity contribution in [2.24, 2.45) is 0 Å². The van der Waals surface area contributed by atoms with Gasteiger partial charge in [-0.1, -0.05) is 11.6 Å². The van der Waals surface area contributed by atoms with Crippen LogP contribution >= 0.6 is 22.9 Å². The lowest BCUT2D eigenvalue weighted by Crippen LogP contribution is -1.97. The van der Waals surface area contributed by atoms with Gasteiger partial charge in [-0.15, -0.1) is 11.3 Å². The van der Waals surface area contributed by atoms with E-state index in [2.05, 4.69) is 5.38 Å². The van der Waals surface area contributed by atoms with Crippen LogP contribution in [0, 0.1) is 0 Å². The second-order valence-electron chi connectivity index (χ2n) is 2.69. The van der Waals surface area contributed by atoms with Crippen molar-refractivity contribution >= 4 is 22.9 Å². The Labute approximate surface area is 69.8 Å². The maximum Gasteiger partial charge on any atom is 0.0547 e. The molecule has 54 valence electrons. The maximum atomic E-state index is 5.97. The summed E-state index contributed by atoms with van der Waals surface area (Å²) in [6.45, 7) is 0.